The summed E-state index contributed by atoms with van der Waals surface area (Å²) in [5.74, 6) is 0.755. The van der Waals surface area contributed by atoms with Crippen LogP contribution in [0.3, 0.4) is 0 Å². The molecule has 3 aliphatic heterocycles. The number of nitrogens with one attached hydrogen (secondary N) is 2. The van der Waals surface area contributed by atoms with E-state index in [0.29, 0.717) is 11.5 Å². The van der Waals surface area contributed by atoms with E-state index in [1.165, 1.54) is 0 Å². The average Bonchev–Trinajstić information content (AvgIpc) is 2.95. The van der Waals surface area contributed by atoms with Gasteiger partial charge in [-0.3, -0.25) is 9.79 Å². The quantitative estimate of drug-likeness (QED) is 0.709. The molecule has 3 rings (SSSR count). The van der Waals surface area contributed by atoms with Crippen molar-refractivity contribution in [3.8, 4) is 0 Å². The smallest absolute Gasteiger partial charge is 0.275 e. The number of rotatable bonds is 1. The molecular weight excluding hydrogens is 252 g/mol. The molecule has 0 spiro atoms. The maximum atomic E-state index is 12.0. The fraction of sp³-hybridized carbons (Fsp3) is 0.400. The second-order valence-corrected chi connectivity index (χ2v) is 6.16. The molecule has 2 unspecified atom stereocenters. The minimum absolute atomic E-state index is 0.0439. The number of carbonyl (C=O) groups is 1. The van der Waals surface area contributed by atoms with Crippen LogP contribution in [-0.2, 0) is 4.79 Å². The van der Waals surface area contributed by atoms with Crippen LogP contribution in [0.5, 0.6) is 0 Å². The van der Waals surface area contributed by atoms with Crippen molar-refractivity contribution in [3.63, 3.8) is 0 Å². The Labute approximate surface area is 118 Å². The van der Waals surface area contributed by atoms with Gasteiger partial charge in [0, 0.05) is 23.7 Å². The Morgan fingerprint density at radius 3 is 2.85 bits per heavy atom. The predicted molar refractivity (Wildman–Crippen MR) is 79.2 cm³/mol. The molecule has 3 heterocycles. The molecule has 0 aliphatic carbocycles. The Morgan fingerprint density at radius 1 is 1.35 bits per heavy atom. The molecule has 0 aromatic rings. The summed E-state index contributed by atoms with van der Waals surface area (Å²) in [5.41, 5.74) is 1.34. The van der Waals surface area contributed by atoms with Gasteiger partial charge in [-0.2, -0.15) is 0 Å². The van der Waals surface area contributed by atoms with Crippen LogP contribution < -0.4 is 10.6 Å². The first-order chi connectivity index (χ1) is 9.45. The lowest BCUT2D eigenvalue weighted by molar-refractivity contribution is -0.115. The molecule has 0 fully saturated rings. The predicted octanol–water partition coefficient (Wildman–Crippen LogP) is 1.51. The molecule has 2 atom stereocenters. The average molecular weight is 270 g/mol. The van der Waals surface area contributed by atoms with Gasteiger partial charge in [-0.25, -0.2) is 4.99 Å². The Balaban J connectivity index is 1.86. The number of fused-ring (bicyclic) bond motifs is 1. The third kappa shape index (κ3) is 2.19. The summed E-state index contributed by atoms with van der Waals surface area (Å²) in [6.45, 7) is 6.08. The first kappa shape index (κ1) is 12.8. The molecule has 0 radical (unpaired) electrons. The van der Waals surface area contributed by atoms with E-state index in [9.17, 15) is 4.79 Å². The standard InChI is InChI=1S/C15H18N4O/c1-15(2,3)14-18-11(13(20)19-14)7-9-8-17-12-10(9)5-4-6-16-12/h4-8,10,12,17H,1-3H3,(H,18,19,20)/b11-7-. The Hall–Kier alpha value is -2.17. The highest BCUT2D eigenvalue weighted by Crippen LogP contribution is 2.28. The van der Waals surface area contributed by atoms with Crippen molar-refractivity contribution in [2.45, 2.75) is 26.9 Å². The Morgan fingerprint density at radius 2 is 2.15 bits per heavy atom. The third-order valence-electron chi connectivity index (χ3n) is 3.51. The van der Waals surface area contributed by atoms with Gasteiger partial charge in [-0.1, -0.05) is 26.8 Å². The zero-order valence-corrected chi connectivity index (χ0v) is 11.8. The van der Waals surface area contributed by atoms with Gasteiger partial charge >= 0.3 is 0 Å². The molecule has 5 heteroatoms. The molecule has 0 aromatic heterocycles. The summed E-state index contributed by atoms with van der Waals surface area (Å²) in [7, 11) is 0. The molecule has 20 heavy (non-hydrogen) atoms. The van der Waals surface area contributed by atoms with Gasteiger partial charge in [-0.15, -0.1) is 0 Å². The van der Waals surface area contributed by atoms with Crippen molar-refractivity contribution in [1.82, 2.24) is 10.6 Å². The van der Waals surface area contributed by atoms with Crippen molar-refractivity contribution in [2.75, 3.05) is 0 Å². The molecular formula is C15H18N4O. The van der Waals surface area contributed by atoms with Crippen LogP contribution in [0, 0.1) is 11.3 Å². The third-order valence-corrected chi connectivity index (χ3v) is 3.51. The summed E-state index contributed by atoms with van der Waals surface area (Å²) in [6.07, 6.45) is 9.60. The lowest BCUT2D eigenvalue weighted by Gasteiger charge is -2.17. The monoisotopic (exact) mass is 270 g/mol. The number of hydrogen-bond donors (Lipinski definition) is 2. The number of dihydropyridines is 1. The highest BCUT2D eigenvalue weighted by atomic mass is 16.2. The van der Waals surface area contributed by atoms with E-state index in [2.05, 4.69) is 26.7 Å². The van der Waals surface area contributed by atoms with Gasteiger partial charge in [0.05, 0.1) is 0 Å². The van der Waals surface area contributed by atoms with Gasteiger partial charge < -0.3 is 10.6 Å². The molecule has 2 N–H and O–H groups in total. The van der Waals surface area contributed by atoms with Crippen molar-refractivity contribution < 1.29 is 4.79 Å². The maximum absolute atomic E-state index is 12.0. The molecule has 0 aromatic carbocycles. The van der Waals surface area contributed by atoms with E-state index in [4.69, 9.17) is 0 Å². The Bertz CT molecular complexity index is 602. The highest BCUT2D eigenvalue weighted by molar-refractivity contribution is 6.14. The van der Waals surface area contributed by atoms with Crippen LogP contribution in [0.15, 0.2) is 45.7 Å². The summed E-state index contributed by atoms with van der Waals surface area (Å²) < 4.78 is 0. The van der Waals surface area contributed by atoms with Gasteiger partial charge in [0.1, 0.15) is 17.7 Å². The van der Waals surface area contributed by atoms with E-state index in [1.807, 2.05) is 39.1 Å². The fourth-order valence-corrected chi connectivity index (χ4v) is 2.35. The van der Waals surface area contributed by atoms with Crippen LogP contribution in [0.2, 0.25) is 0 Å². The topological polar surface area (TPSA) is 65.8 Å². The fourth-order valence-electron chi connectivity index (χ4n) is 2.35. The second-order valence-electron chi connectivity index (χ2n) is 6.16. The number of allylic oxidation sites excluding steroid dienone is 2. The zero-order valence-electron chi connectivity index (χ0n) is 11.8. The van der Waals surface area contributed by atoms with E-state index in [-0.39, 0.29) is 23.4 Å². The van der Waals surface area contributed by atoms with Crippen molar-refractivity contribution >= 4 is 18.0 Å². The van der Waals surface area contributed by atoms with Crippen LogP contribution >= 0.6 is 0 Å². The molecule has 3 aliphatic rings. The molecule has 0 bridgehead atoms. The molecule has 1 amide bonds. The maximum Gasteiger partial charge on any atom is 0.275 e. The van der Waals surface area contributed by atoms with Crippen LogP contribution in [0.25, 0.3) is 0 Å². The van der Waals surface area contributed by atoms with Gasteiger partial charge in [0.2, 0.25) is 0 Å². The normalized spacial score (nSPS) is 29.9. The lowest BCUT2D eigenvalue weighted by Crippen LogP contribution is -2.34. The van der Waals surface area contributed by atoms with Crippen molar-refractivity contribution in [3.05, 3.63) is 35.7 Å². The summed E-state index contributed by atoms with van der Waals surface area (Å²) in [6, 6.07) is 0. The van der Waals surface area contributed by atoms with Crippen LogP contribution in [0.4, 0.5) is 0 Å². The van der Waals surface area contributed by atoms with E-state index >= 15 is 0 Å². The summed E-state index contributed by atoms with van der Waals surface area (Å²) >= 11 is 0. The first-order valence-electron chi connectivity index (χ1n) is 6.73. The summed E-state index contributed by atoms with van der Waals surface area (Å²) in [5, 5.41) is 6.04. The largest absolute Gasteiger partial charge is 0.369 e. The number of carbonyl (C=O) groups excluding carboxylic acids is 1. The molecule has 0 saturated heterocycles. The number of nitrogens with zero attached hydrogens (tertiary/aromatic N) is 2. The number of aliphatic imine (C=N–C) groups is 2. The Kier molecular flexibility index (Phi) is 2.85. The van der Waals surface area contributed by atoms with Crippen LogP contribution in [-0.4, -0.2) is 24.1 Å². The molecule has 5 nitrogen and oxygen atoms in total. The van der Waals surface area contributed by atoms with Gasteiger partial charge in [-0.05, 0) is 17.7 Å². The number of amides is 1. The molecule has 104 valence electrons. The van der Waals surface area contributed by atoms with Gasteiger partial charge in [0.25, 0.3) is 5.91 Å². The lowest BCUT2D eigenvalue weighted by atomic mass is 9.95. The van der Waals surface area contributed by atoms with E-state index in [0.717, 1.165) is 5.57 Å². The molecule has 0 saturated carbocycles. The van der Waals surface area contributed by atoms with Crippen molar-refractivity contribution in [2.24, 2.45) is 21.3 Å². The number of hydrogen-bond acceptors (Lipinski definition) is 4. The first-order valence-corrected chi connectivity index (χ1v) is 6.73. The summed E-state index contributed by atoms with van der Waals surface area (Å²) in [4.78, 5) is 20.8. The van der Waals surface area contributed by atoms with E-state index < -0.39 is 0 Å². The minimum Gasteiger partial charge on any atom is -0.369 e. The number of amidine groups is 1. The van der Waals surface area contributed by atoms with Crippen LogP contribution in [0.1, 0.15) is 20.8 Å². The highest BCUT2D eigenvalue weighted by Gasteiger charge is 2.31. The van der Waals surface area contributed by atoms with Crippen molar-refractivity contribution in [1.29, 1.82) is 0 Å². The SMILES string of the molecule is CC(C)(C)C1=N/C(=C\C2=CNC3N=CC=CC23)C(=O)N1. The van der Waals surface area contributed by atoms with E-state index in [1.54, 1.807) is 6.21 Å². The second kappa shape index (κ2) is 4.44. The zero-order chi connectivity index (χ0) is 14.3. The van der Waals surface area contributed by atoms with Gasteiger partial charge in [0.15, 0.2) is 0 Å². The minimum atomic E-state index is -0.162.